The average molecular weight is 206 g/mol. The summed E-state index contributed by atoms with van der Waals surface area (Å²) < 4.78 is 10.7. The first kappa shape index (κ1) is 13.8. The van der Waals surface area contributed by atoms with Gasteiger partial charge in [-0.2, -0.15) is 0 Å². The highest BCUT2D eigenvalue weighted by Gasteiger charge is 2.07. The Balaban J connectivity index is 3.30. The maximum atomic E-state index is 8.96. The lowest BCUT2D eigenvalue weighted by Gasteiger charge is -2.17. The Morgan fingerprint density at radius 3 is 2.29 bits per heavy atom. The van der Waals surface area contributed by atoms with Crippen molar-refractivity contribution in [2.24, 2.45) is 0 Å². The maximum absolute atomic E-state index is 8.96. The molecule has 4 nitrogen and oxygen atoms in total. The highest BCUT2D eigenvalue weighted by molar-refractivity contribution is 4.53. The van der Waals surface area contributed by atoms with Gasteiger partial charge in [-0.1, -0.05) is 0 Å². The normalized spacial score (nSPS) is 17.8. The fraction of sp³-hybridized carbons (Fsp3) is 1.00. The van der Waals surface area contributed by atoms with Crippen molar-refractivity contribution in [1.29, 1.82) is 0 Å². The molecule has 0 aromatic rings. The molecule has 0 amide bonds. The lowest BCUT2D eigenvalue weighted by atomic mass is 10.3. The second-order valence-corrected chi connectivity index (χ2v) is 3.65. The van der Waals surface area contributed by atoms with Gasteiger partial charge in [0.25, 0.3) is 0 Å². The fourth-order valence-electron chi connectivity index (χ4n) is 0.982. The number of aliphatic hydroxyl groups excluding tert-OH is 2. The van der Waals surface area contributed by atoms with Crippen LogP contribution in [0.3, 0.4) is 0 Å². The van der Waals surface area contributed by atoms with Crippen LogP contribution >= 0.6 is 0 Å². The third-order valence-corrected chi connectivity index (χ3v) is 1.75. The standard InChI is InChI=1S/C10H22O4/c1-8(12)4-5-13-7-10(3)14-9(2)6-11/h8-12H,4-7H2,1-3H3. The van der Waals surface area contributed by atoms with Crippen molar-refractivity contribution in [2.75, 3.05) is 19.8 Å². The van der Waals surface area contributed by atoms with Gasteiger partial charge in [0.15, 0.2) is 0 Å². The van der Waals surface area contributed by atoms with Crippen molar-refractivity contribution in [1.82, 2.24) is 0 Å². The molecule has 3 unspecified atom stereocenters. The van der Waals surface area contributed by atoms with Gasteiger partial charge in [0.1, 0.15) is 0 Å². The molecule has 0 saturated heterocycles. The van der Waals surface area contributed by atoms with E-state index in [-0.39, 0.29) is 24.9 Å². The Hall–Kier alpha value is -0.160. The molecule has 0 radical (unpaired) electrons. The average Bonchev–Trinajstić information content (AvgIpc) is 2.12. The second kappa shape index (κ2) is 8.17. The van der Waals surface area contributed by atoms with Crippen LogP contribution in [0.25, 0.3) is 0 Å². The summed E-state index contributed by atoms with van der Waals surface area (Å²) in [4.78, 5) is 0. The summed E-state index contributed by atoms with van der Waals surface area (Å²) in [6.07, 6.45) is 0.154. The topological polar surface area (TPSA) is 58.9 Å². The van der Waals surface area contributed by atoms with E-state index in [4.69, 9.17) is 19.7 Å². The van der Waals surface area contributed by atoms with Gasteiger partial charge >= 0.3 is 0 Å². The van der Waals surface area contributed by atoms with Crippen LogP contribution in [0.5, 0.6) is 0 Å². The van der Waals surface area contributed by atoms with E-state index < -0.39 is 0 Å². The number of aliphatic hydroxyl groups is 2. The predicted octanol–water partition coefficient (Wildman–Crippen LogP) is 0.560. The zero-order chi connectivity index (χ0) is 11.0. The van der Waals surface area contributed by atoms with Gasteiger partial charge in [-0.15, -0.1) is 0 Å². The first-order valence-electron chi connectivity index (χ1n) is 5.08. The Kier molecular flexibility index (Phi) is 8.08. The molecule has 0 saturated carbocycles. The van der Waals surface area contributed by atoms with Crippen molar-refractivity contribution in [2.45, 2.75) is 45.5 Å². The van der Waals surface area contributed by atoms with Crippen molar-refractivity contribution >= 4 is 0 Å². The molecular weight excluding hydrogens is 184 g/mol. The molecule has 2 N–H and O–H groups in total. The molecule has 0 rings (SSSR count). The first-order valence-corrected chi connectivity index (χ1v) is 5.08. The van der Waals surface area contributed by atoms with E-state index in [9.17, 15) is 0 Å². The largest absolute Gasteiger partial charge is 0.394 e. The van der Waals surface area contributed by atoms with E-state index in [2.05, 4.69) is 0 Å². The summed E-state index contributed by atoms with van der Waals surface area (Å²) in [7, 11) is 0. The number of hydrogen-bond donors (Lipinski definition) is 2. The molecule has 0 spiro atoms. The number of ether oxygens (including phenoxy) is 2. The van der Waals surface area contributed by atoms with Crippen LogP contribution in [0.2, 0.25) is 0 Å². The molecular formula is C10H22O4. The second-order valence-electron chi connectivity index (χ2n) is 3.65. The summed E-state index contributed by atoms with van der Waals surface area (Å²) in [6, 6.07) is 0. The van der Waals surface area contributed by atoms with Crippen molar-refractivity contribution in [3.63, 3.8) is 0 Å². The van der Waals surface area contributed by atoms with E-state index in [0.717, 1.165) is 0 Å². The lowest BCUT2D eigenvalue weighted by Crippen LogP contribution is -2.24. The van der Waals surface area contributed by atoms with Gasteiger partial charge < -0.3 is 19.7 Å². The summed E-state index contributed by atoms with van der Waals surface area (Å²) in [6.45, 7) is 6.51. The molecule has 0 aliphatic heterocycles. The van der Waals surface area contributed by atoms with Crippen LogP contribution in [-0.2, 0) is 9.47 Å². The summed E-state index contributed by atoms with van der Waals surface area (Å²) in [5.74, 6) is 0. The molecule has 14 heavy (non-hydrogen) atoms. The van der Waals surface area contributed by atoms with Gasteiger partial charge in [0.2, 0.25) is 0 Å². The van der Waals surface area contributed by atoms with Gasteiger partial charge in [-0.25, -0.2) is 0 Å². The van der Waals surface area contributed by atoms with Gasteiger partial charge in [-0.3, -0.25) is 0 Å². The Morgan fingerprint density at radius 1 is 1.14 bits per heavy atom. The smallest absolute Gasteiger partial charge is 0.0785 e. The van der Waals surface area contributed by atoms with Gasteiger partial charge in [0.05, 0.1) is 31.5 Å². The van der Waals surface area contributed by atoms with Crippen LogP contribution in [-0.4, -0.2) is 48.3 Å². The molecule has 4 heteroatoms. The maximum Gasteiger partial charge on any atom is 0.0785 e. The minimum absolute atomic E-state index is 0.0221. The van der Waals surface area contributed by atoms with Crippen LogP contribution in [0.15, 0.2) is 0 Å². The molecule has 0 aromatic heterocycles. The van der Waals surface area contributed by atoms with Gasteiger partial charge in [-0.05, 0) is 27.2 Å². The van der Waals surface area contributed by atoms with Crippen LogP contribution < -0.4 is 0 Å². The molecule has 86 valence electrons. The predicted molar refractivity (Wildman–Crippen MR) is 54.2 cm³/mol. The fourth-order valence-corrected chi connectivity index (χ4v) is 0.982. The van der Waals surface area contributed by atoms with Gasteiger partial charge in [0, 0.05) is 6.61 Å². The molecule has 0 aliphatic rings. The SMILES string of the molecule is CC(O)CCOCC(C)OC(C)CO. The summed E-state index contributed by atoms with van der Waals surface area (Å²) in [5, 5.41) is 17.7. The minimum atomic E-state index is -0.317. The van der Waals surface area contributed by atoms with Crippen LogP contribution in [0.1, 0.15) is 27.2 Å². The molecule has 0 bridgehead atoms. The lowest BCUT2D eigenvalue weighted by molar-refractivity contribution is -0.0607. The van der Waals surface area contributed by atoms with E-state index in [1.165, 1.54) is 0 Å². The van der Waals surface area contributed by atoms with Crippen LogP contribution in [0.4, 0.5) is 0 Å². The third kappa shape index (κ3) is 8.44. The first-order chi connectivity index (χ1) is 6.56. The highest BCUT2D eigenvalue weighted by atomic mass is 16.5. The quantitative estimate of drug-likeness (QED) is 0.570. The zero-order valence-corrected chi connectivity index (χ0v) is 9.27. The summed E-state index contributed by atoms with van der Waals surface area (Å²) in [5.41, 5.74) is 0. The molecule has 0 aliphatic carbocycles. The van der Waals surface area contributed by atoms with E-state index in [1.54, 1.807) is 6.92 Å². The zero-order valence-electron chi connectivity index (χ0n) is 9.27. The summed E-state index contributed by atoms with van der Waals surface area (Å²) >= 11 is 0. The highest BCUT2D eigenvalue weighted by Crippen LogP contribution is 1.99. The van der Waals surface area contributed by atoms with E-state index in [0.29, 0.717) is 19.6 Å². The Morgan fingerprint density at radius 2 is 1.79 bits per heavy atom. The Labute approximate surface area is 85.8 Å². The monoisotopic (exact) mass is 206 g/mol. The van der Waals surface area contributed by atoms with E-state index >= 15 is 0 Å². The molecule has 0 aromatic carbocycles. The minimum Gasteiger partial charge on any atom is -0.394 e. The molecule has 0 fully saturated rings. The number of hydrogen-bond acceptors (Lipinski definition) is 4. The van der Waals surface area contributed by atoms with Crippen LogP contribution in [0, 0.1) is 0 Å². The Bertz CT molecular complexity index is 127. The third-order valence-electron chi connectivity index (χ3n) is 1.75. The van der Waals surface area contributed by atoms with Crippen molar-refractivity contribution < 1.29 is 19.7 Å². The molecule has 3 atom stereocenters. The van der Waals surface area contributed by atoms with E-state index in [1.807, 2.05) is 13.8 Å². The number of rotatable bonds is 8. The molecule has 0 heterocycles. The van der Waals surface area contributed by atoms with Crippen molar-refractivity contribution in [3.05, 3.63) is 0 Å². The van der Waals surface area contributed by atoms with Crippen molar-refractivity contribution in [3.8, 4) is 0 Å².